The first-order valence-electron chi connectivity index (χ1n) is 2.82. The fourth-order valence-corrected chi connectivity index (χ4v) is 1.03. The van der Waals surface area contributed by atoms with E-state index in [0.29, 0.717) is 0 Å². The van der Waals surface area contributed by atoms with E-state index in [-0.39, 0.29) is 18.3 Å². The van der Waals surface area contributed by atoms with Crippen molar-refractivity contribution in [3.05, 3.63) is 0 Å². The summed E-state index contributed by atoms with van der Waals surface area (Å²) in [4.78, 5) is 0. The average Bonchev–Trinajstić information content (AvgIpc) is 1.62. The summed E-state index contributed by atoms with van der Waals surface area (Å²) < 4.78 is 29.1. The van der Waals surface area contributed by atoms with Crippen LogP contribution in [0.4, 0.5) is 0 Å². The summed E-state index contributed by atoms with van der Waals surface area (Å²) in [5, 5.41) is -0.655. The van der Waals surface area contributed by atoms with Crippen LogP contribution in [0.3, 0.4) is 0 Å². The molecule has 64 valence electrons. The fraction of sp³-hybridized carbons (Fsp3) is 1.00. The van der Waals surface area contributed by atoms with Crippen LogP contribution in [0.25, 0.3) is 0 Å². The Morgan fingerprint density at radius 3 is 1.50 bits per heavy atom. The van der Waals surface area contributed by atoms with Gasteiger partial charge >= 0.3 is 0 Å². The van der Waals surface area contributed by atoms with E-state index in [9.17, 15) is 8.42 Å². The Balaban J connectivity index is 0. The highest BCUT2D eigenvalue weighted by Gasteiger charge is 2.20. The van der Waals surface area contributed by atoms with Gasteiger partial charge < -0.3 is 0 Å². The van der Waals surface area contributed by atoms with Crippen molar-refractivity contribution in [1.29, 1.82) is 0 Å². The van der Waals surface area contributed by atoms with Crippen LogP contribution in [0.5, 0.6) is 0 Å². The Kier molecular flexibility index (Phi) is 5.34. The lowest BCUT2D eigenvalue weighted by atomic mass is 10.2. The molecule has 0 aliphatic carbocycles. The summed E-state index contributed by atoms with van der Waals surface area (Å²) in [5.74, 6) is -0.0278. The van der Waals surface area contributed by atoms with Crippen LogP contribution in [-0.2, 0) is 10.1 Å². The van der Waals surface area contributed by atoms with Crippen LogP contribution in [0.15, 0.2) is 0 Å². The monoisotopic (exact) mass is 188 g/mol. The molecule has 0 saturated carbocycles. The molecule has 0 fully saturated rings. The van der Waals surface area contributed by atoms with E-state index in [1.54, 1.807) is 13.8 Å². The summed E-state index contributed by atoms with van der Waals surface area (Å²) in [5.41, 5.74) is 0. The maximum absolute atomic E-state index is 10.3. The van der Waals surface area contributed by atoms with Crippen molar-refractivity contribution in [2.24, 2.45) is 5.92 Å². The van der Waals surface area contributed by atoms with Crippen molar-refractivity contribution in [3.63, 3.8) is 0 Å². The lowest BCUT2D eigenvalue weighted by Gasteiger charge is -2.10. The van der Waals surface area contributed by atoms with Gasteiger partial charge in [-0.05, 0) is 12.8 Å². The maximum atomic E-state index is 10.3. The van der Waals surface area contributed by atoms with Gasteiger partial charge in [0, 0.05) is 0 Å². The lowest BCUT2D eigenvalue weighted by Crippen LogP contribution is -2.22. The Hall–Kier alpha value is 0.200. The van der Waals surface area contributed by atoms with E-state index in [2.05, 4.69) is 0 Å². The Morgan fingerprint density at radius 2 is 1.50 bits per heavy atom. The molecule has 0 saturated heterocycles. The minimum atomic E-state index is -3.80. The third-order valence-corrected chi connectivity index (χ3v) is 2.89. The molecular weight excluding hydrogens is 176 g/mol. The van der Waals surface area contributed by atoms with E-state index in [4.69, 9.17) is 4.55 Å². The highest BCUT2D eigenvalue weighted by molar-refractivity contribution is 7.86. The SMILES string of the molecule is CC(C)C(C)S(=O)(=O)O.Cl. The van der Waals surface area contributed by atoms with E-state index in [0.717, 1.165) is 0 Å². The van der Waals surface area contributed by atoms with E-state index in [1.807, 2.05) is 0 Å². The highest BCUT2D eigenvalue weighted by Crippen LogP contribution is 2.08. The number of hydrogen-bond acceptors (Lipinski definition) is 2. The van der Waals surface area contributed by atoms with E-state index < -0.39 is 15.4 Å². The molecule has 5 heteroatoms. The zero-order valence-electron chi connectivity index (χ0n) is 6.23. The molecule has 0 amide bonds. The molecule has 3 nitrogen and oxygen atoms in total. The molecule has 1 N–H and O–H groups in total. The summed E-state index contributed by atoms with van der Waals surface area (Å²) in [7, 11) is -3.80. The molecule has 0 radical (unpaired) electrons. The first-order chi connectivity index (χ1) is 3.85. The van der Waals surface area contributed by atoms with Crippen LogP contribution in [0.1, 0.15) is 20.8 Å². The molecule has 0 aliphatic heterocycles. The van der Waals surface area contributed by atoms with Crippen LogP contribution < -0.4 is 0 Å². The van der Waals surface area contributed by atoms with Crippen molar-refractivity contribution >= 4 is 22.5 Å². The Morgan fingerprint density at radius 1 is 1.20 bits per heavy atom. The summed E-state index contributed by atoms with van der Waals surface area (Å²) in [6.45, 7) is 4.98. The van der Waals surface area contributed by atoms with Crippen LogP contribution in [-0.4, -0.2) is 18.2 Å². The van der Waals surface area contributed by atoms with Crippen molar-refractivity contribution in [2.45, 2.75) is 26.0 Å². The molecule has 1 unspecified atom stereocenters. The number of hydrogen-bond donors (Lipinski definition) is 1. The lowest BCUT2D eigenvalue weighted by molar-refractivity contribution is 0.449. The molecule has 10 heavy (non-hydrogen) atoms. The van der Waals surface area contributed by atoms with Crippen molar-refractivity contribution in [3.8, 4) is 0 Å². The molecule has 0 rings (SSSR count). The predicted molar refractivity (Wildman–Crippen MR) is 43.1 cm³/mol. The minimum absolute atomic E-state index is 0. The quantitative estimate of drug-likeness (QED) is 0.666. The molecule has 0 aromatic rings. The molecule has 0 aliphatic rings. The average molecular weight is 189 g/mol. The zero-order valence-corrected chi connectivity index (χ0v) is 7.87. The van der Waals surface area contributed by atoms with Gasteiger partial charge in [-0.3, -0.25) is 4.55 Å². The predicted octanol–water partition coefficient (Wildman–Crippen LogP) is 1.34. The van der Waals surface area contributed by atoms with Gasteiger partial charge in [0.25, 0.3) is 10.1 Å². The van der Waals surface area contributed by atoms with Gasteiger partial charge in [0.2, 0.25) is 0 Å². The third kappa shape index (κ3) is 4.09. The topological polar surface area (TPSA) is 54.4 Å². The summed E-state index contributed by atoms with van der Waals surface area (Å²) in [6.07, 6.45) is 0. The number of rotatable bonds is 2. The molecule has 0 aromatic heterocycles. The van der Waals surface area contributed by atoms with Gasteiger partial charge in [-0.15, -0.1) is 12.4 Å². The molecule has 0 spiro atoms. The molecule has 0 aromatic carbocycles. The first kappa shape index (κ1) is 12.8. The summed E-state index contributed by atoms with van der Waals surface area (Å²) in [6, 6.07) is 0. The van der Waals surface area contributed by atoms with Gasteiger partial charge in [0.15, 0.2) is 0 Å². The summed E-state index contributed by atoms with van der Waals surface area (Å²) >= 11 is 0. The first-order valence-corrected chi connectivity index (χ1v) is 4.32. The Labute approximate surface area is 68.0 Å². The number of halogens is 1. The Bertz CT molecular complexity index is 173. The van der Waals surface area contributed by atoms with Gasteiger partial charge in [0.1, 0.15) is 0 Å². The van der Waals surface area contributed by atoms with Crippen LogP contribution in [0, 0.1) is 5.92 Å². The standard InChI is InChI=1S/C5H12O3S.ClH/c1-4(2)5(3)9(6,7)8;/h4-5H,1-3H3,(H,6,7,8);1H. The molecular formula is C5H13ClO3S. The van der Waals surface area contributed by atoms with Crippen LogP contribution >= 0.6 is 12.4 Å². The van der Waals surface area contributed by atoms with Crippen molar-refractivity contribution < 1.29 is 13.0 Å². The molecule has 0 heterocycles. The van der Waals surface area contributed by atoms with Gasteiger partial charge in [-0.1, -0.05) is 13.8 Å². The normalized spacial score (nSPS) is 14.5. The minimum Gasteiger partial charge on any atom is -0.285 e. The van der Waals surface area contributed by atoms with Gasteiger partial charge in [-0.2, -0.15) is 8.42 Å². The third-order valence-electron chi connectivity index (χ3n) is 1.41. The second kappa shape index (κ2) is 4.16. The highest BCUT2D eigenvalue weighted by atomic mass is 35.5. The largest absolute Gasteiger partial charge is 0.285 e. The molecule has 0 bridgehead atoms. The second-order valence-corrected chi connectivity index (χ2v) is 4.24. The van der Waals surface area contributed by atoms with E-state index in [1.165, 1.54) is 6.92 Å². The zero-order chi connectivity index (χ0) is 7.65. The van der Waals surface area contributed by atoms with Gasteiger partial charge in [0.05, 0.1) is 5.25 Å². The van der Waals surface area contributed by atoms with Gasteiger partial charge in [-0.25, -0.2) is 0 Å². The van der Waals surface area contributed by atoms with E-state index >= 15 is 0 Å². The van der Waals surface area contributed by atoms with Crippen LogP contribution in [0.2, 0.25) is 0 Å². The van der Waals surface area contributed by atoms with Crippen molar-refractivity contribution in [2.75, 3.05) is 0 Å². The maximum Gasteiger partial charge on any atom is 0.267 e. The molecule has 1 atom stereocenters. The second-order valence-electron chi connectivity index (χ2n) is 2.46. The smallest absolute Gasteiger partial charge is 0.267 e. The fourth-order valence-electron chi connectivity index (χ4n) is 0.344. The van der Waals surface area contributed by atoms with Crippen molar-refractivity contribution in [1.82, 2.24) is 0 Å².